The normalized spacial score (nSPS) is 16.4. The summed E-state index contributed by atoms with van der Waals surface area (Å²) in [7, 11) is 0.0107. The van der Waals surface area contributed by atoms with Gasteiger partial charge in [0.15, 0.2) is 0 Å². The van der Waals surface area contributed by atoms with Crippen LogP contribution in [-0.2, 0) is 19.5 Å². The maximum Gasteiger partial charge on any atom is 0.337 e. The van der Waals surface area contributed by atoms with E-state index < -0.39 is 22.0 Å². The van der Waals surface area contributed by atoms with Crippen LogP contribution >= 0.6 is 0 Å². The Labute approximate surface area is 166 Å². The van der Waals surface area contributed by atoms with Crippen molar-refractivity contribution in [2.75, 3.05) is 34.4 Å². The number of sulfonamides is 1. The number of nitrogens with zero attached hydrogens (tertiary/aromatic N) is 2. The van der Waals surface area contributed by atoms with Gasteiger partial charge in [-0.2, -0.15) is 4.31 Å². The molecule has 1 heterocycles. The zero-order valence-corrected chi connectivity index (χ0v) is 17.8. The summed E-state index contributed by atoms with van der Waals surface area (Å²) < 4.78 is 37.1. The van der Waals surface area contributed by atoms with Crippen LogP contribution < -0.4 is 0 Å². The Hall–Kier alpha value is -1.97. The molecule has 0 atom stereocenters. The monoisotopic (exact) mass is 412 g/mol. The Kier molecular flexibility index (Phi) is 7.19. The van der Waals surface area contributed by atoms with Crippen LogP contribution in [0, 0.1) is 0 Å². The number of ether oxygens (including phenoxy) is 2. The van der Waals surface area contributed by atoms with Crippen molar-refractivity contribution in [1.29, 1.82) is 0 Å². The molecule has 0 bridgehead atoms. The van der Waals surface area contributed by atoms with Crippen LogP contribution in [0.5, 0.6) is 0 Å². The molecule has 1 aromatic carbocycles. The predicted molar refractivity (Wildman–Crippen MR) is 104 cm³/mol. The average molecular weight is 413 g/mol. The second-order valence-electron chi connectivity index (χ2n) is 7.11. The average Bonchev–Trinajstić information content (AvgIpc) is 2.71. The van der Waals surface area contributed by atoms with Crippen molar-refractivity contribution >= 4 is 22.0 Å². The van der Waals surface area contributed by atoms with Gasteiger partial charge in [0, 0.05) is 19.1 Å². The lowest BCUT2D eigenvalue weighted by Crippen LogP contribution is -2.47. The number of carbonyl (C=O) groups excluding carboxylic acids is 2. The molecule has 28 heavy (non-hydrogen) atoms. The molecular formula is C19H28N2O6S. The summed E-state index contributed by atoms with van der Waals surface area (Å²) in [6, 6.07) is 3.99. The van der Waals surface area contributed by atoms with Crippen molar-refractivity contribution < 1.29 is 27.5 Å². The van der Waals surface area contributed by atoms with E-state index in [1.807, 2.05) is 0 Å². The fourth-order valence-electron chi connectivity index (χ4n) is 3.35. The fourth-order valence-corrected chi connectivity index (χ4v) is 4.84. The van der Waals surface area contributed by atoms with E-state index in [4.69, 9.17) is 0 Å². The van der Waals surface area contributed by atoms with E-state index in [9.17, 15) is 18.0 Å². The number of methoxy groups -OCH3 is 2. The highest BCUT2D eigenvalue weighted by Crippen LogP contribution is 2.25. The maximum absolute atomic E-state index is 13.2. The summed E-state index contributed by atoms with van der Waals surface area (Å²) in [5, 5.41) is 0. The third-order valence-corrected chi connectivity index (χ3v) is 7.06. The first-order valence-corrected chi connectivity index (χ1v) is 10.6. The molecule has 1 aliphatic rings. The highest BCUT2D eigenvalue weighted by atomic mass is 32.2. The Morgan fingerprint density at radius 3 is 1.89 bits per heavy atom. The highest BCUT2D eigenvalue weighted by molar-refractivity contribution is 7.89. The Morgan fingerprint density at radius 2 is 1.50 bits per heavy atom. The van der Waals surface area contributed by atoms with Gasteiger partial charge in [-0.05, 0) is 58.0 Å². The van der Waals surface area contributed by atoms with Crippen molar-refractivity contribution in [1.82, 2.24) is 9.21 Å². The van der Waals surface area contributed by atoms with E-state index in [0.29, 0.717) is 18.9 Å². The third-order valence-electron chi connectivity index (χ3n) is 5.17. The zero-order valence-electron chi connectivity index (χ0n) is 17.0. The van der Waals surface area contributed by atoms with Gasteiger partial charge in [0.2, 0.25) is 10.0 Å². The summed E-state index contributed by atoms with van der Waals surface area (Å²) in [6.07, 6.45) is 1.43. The van der Waals surface area contributed by atoms with Gasteiger partial charge < -0.3 is 14.4 Å². The minimum Gasteiger partial charge on any atom is -0.465 e. The molecule has 2 rings (SSSR count). The van der Waals surface area contributed by atoms with Gasteiger partial charge in [-0.25, -0.2) is 18.0 Å². The molecule has 1 saturated heterocycles. The number of hydrogen-bond donors (Lipinski definition) is 0. The molecule has 1 fully saturated rings. The van der Waals surface area contributed by atoms with Gasteiger partial charge in [0.1, 0.15) is 0 Å². The van der Waals surface area contributed by atoms with Crippen LogP contribution in [0.4, 0.5) is 0 Å². The van der Waals surface area contributed by atoms with Gasteiger partial charge in [-0.15, -0.1) is 0 Å². The van der Waals surface area contributed by atoms with Crippen molar-refractivity contribution in [3.63, 3.8) is 0 Å². The minimum atomic E-state index is -3.91. The summed E-state index contributed by atoms with van der Waals surface area (Å²) in [6.45, 7) is 5.87. The molecule has 156 valence electrons. The molecule has 9 heteroatoms. The smallest absolute Gasteiger partial charge is 0.337 e. The highest BCUT2D eigenvalue weighted by Gasteiger charge is 2.32. The maximum atomic E-state index is 13.2. The molecule has 1 aliphatic heterocycles. The van der Waals surface area contributed by atoms with Gasteiger partial charge in [0.25, 0.3) is 0 Å². The molecular weight excluding hydrogens is 384 g/mol. The van der Waals surface area contributed by atoms with Gasteiger partial charge in [0.05, 0.1) is 30.2 Å². The van der Waals surface area contributed by atoms with Crippen LogP contribution in [0.3, 0.4) is 0 Å². The second-order valence-corrected chi connectivity index (χ2v) is 9.11. The van der Waals surface area contributed by atoms with E-state index in [0.717, 1.165) is 13.1 Å². The van der Waals surface area contributed by atoms with E-state index >= 15 is 0 Å². The van der Waals surface area contributed by atoms with E-state index in [2.05, 4.69) is 28.2 Å². The fraction of sp³-hybridized carbons (Fsp3) is 0.579. The first kappa shape index (κ1) is 22.3. The molecule has 0 aromatic heterocycles. The topological polar surface area (TPSA) is 93.2 Å². The van der Waals surface area contributed by atoms with Gasteiger partial charge in [-0.3, -0.25) is 0 Å². The van der Waals surface area contributed by atoms with Crippen molar-refractivity contribution in [3.8, 4) is 0 Å². The number of carbonyl (C=O) groups is 2. The minimum absolute atomic E-state index is 0.0213. The standard InChI is InChI=1S/C19H28N2O6S/c1-13(2)21-8-6-16(7-9-21)20(3)28(24,25)17-11-14(18(22)26-4)10-15(12-17)19(23)27-5/h10-13,16H,6-9H2,1-5H3. The molecule has 0 amide bonds. The SMILES string of the molecule is COC(=O)c1cc(C(=O)OC)cc(S(=O)(=O)N(C)C2CCN(C(C)C)CC2)c1. The lowest BCUT2D eigenvalue weighted by atomic mass is 10.0. The molecule has 0 spiro atoms. The number of hydrogen-bond acceptors (Lipinski definition) is 7. The van der Waals surface area contributed by atoms with Crippen LogP contribution in [0.25, 0.3) is 0 Å². The van der Waals surface area contributed by atoms with Gasteiger partial charge >= 0.3 is 11.9 Å². The largest absolute Gasteiger partial charge is 0.465 e. The van der Waals surface area contributed by atoms with E-state index in [1.54, 1.807) is 0 Å². The zero-order chi connectivity index (χ0) is 21.1. The van der Waals surface area contributed by atoms with Gasteiger partial charge in [-0.1, -0.05) is 0 Å². The Balaban J connectivity index is 2.36. The number of piperidine rings is 1. The predicted octanol–water partition coefficient (Wildman–Crippen LogP) is 1.75. The van der Waals surface area contributed by atoms with Crippen LogP contribution in [-0.4, -0.2) is 76.0 Å². The van der Waals surface area contributed by atoms with E-state index in [-0.39, 0.29) is 22.1 Å². The molecule has 1 aromatic rings. The molecule has 8 nitrogen and oxygen atoms in total. The number of benzene rings is 1. The summed E-state index contributed by atoms with van der Waals surface area (Å²) >= 11 is 0. The van der Waals surface area contributed by atoms with Crippen LogP contribution in [0.1, 0.15) is 47.4 Å². The Morgan fingerprint density at radius 1 is 1.04 bits per heavy atom. The summed E-state index contributed by atoms with van der Waals surface area (Å²) in [4.78, 5) is 26.1. The molecule has 0 aliphatic carbocycles. The van der Waals surface area contributed by atoms with Crippen LogP contribution in [0.2, 0.25) is 0 Å². The Bertz CT molecular complexity index is 795. The number of esters is 2. The van der Waals surface area contributed by atoms with Crippen molar-refractivity contribution in [3.05, 3.63) is 29.3 Å². The molecule has 0 radical (unpaired) electrons. The lowest BCUT2D eigenvalue weighted by Gasteiger charge is -2.38. The quantitative estimate of drug-likeness (QED) is 0.657. The van der Waals surface area contributed by atoms with E-state index in [1.165, 1.54) is 43.8 Å². The molecule has 0 saturated carbocycles. The molecule has 0 unspecified atom stereocenters. The summed E-state index contributed by atoms with van der Waals surface area (Å²) in [5.41, 5.74) is -0.0426. The summed E-state index contributed by atoms with van der Waals surface area (Å²) in [5.74, 6) is -1.45. The number of likely N-dealkylation sites (tertiary alicyclic amines) is 1. The van der Waals surface area contributed by atoms with Crippen molar-refractivity contribution in [2.24, 2.45) is 0 Å². The van der Waals surface area contributed by atoms with Crippen molar-refractivity contribution in [2.45, 2.75) is 43.7 Å². The number of rotatable bonds is 6. The first-order valence-electron chi connectivity index (χ1n) is 9.15. The first-order chi connectivity index (χ1) is 13.1. The second kappa shape index (κ2) is 9.02. The lowest BCUT2D eigenvalue weighted by molar-refractivity contribution is 0.0598. The molecule has 0 N–H and O–H groups in total. The third kappa shape index (κ3) is 4.71. The van der Waals surface area contributed by atoms with Crippen LogP contribution in [0.15, 0.2) is 23.1 Å².